The Balaban J connectivity index is 1.80. The van der Waals surface area contributed by atoms with Crippen LogP contribution in [0.5, 0.6) is 0 Å². The summed E-state index contributed by atoms with van der Waals surface area (Å²) in [6.07, 6.45) is 6.63. The van der Waals surface area contributed by atoms with E-state index in [0.29, 0.717) is 18.8 Å². The van der Waals surface area contributed by atoms with Gasteiger partial charge in [0.15, 0.2) is 0 Å². The summed E-state index contributed by atoms with van der Waals surface area (Å²) in [5.41, 5.74) is 2.53. The molecule has 0 unspecified atom stereocenters. The van der Waals surface area contributed by atoms with Crippen molar-refractivity contribution in [3.63, 3.8) is 0 Å². The molecule has 0 atom stereocenters. The maximum Gasteiger partial charge on any atom is 0.232 e. The Labute approximate surface area is 145 Å². The fraction of sp³-hybridized carbons (Fsp3) is 0.250. The highest BCUT2D eigenvalue weighted by Gasteiger charge is 2.15. The van der Waals surface area contributed by atoms with Gasteiger partial charge in [-0.1, -0.05) is 12.1 Å². The molecule has 0 amide bonds. The second-order valence-electron chi connectivity index (χ2n) is 5.34. The maximum atomic E-state index is 11.8. The van der Waals surface area contributed by atoms with Crippen LogP contribution in [0, 0.1) is 0 Å². The van der Waals surface area contributed by atoms with Crippen LogP contribution >= 0.6 is 11.3 Å². The number of sulfonamides is 1. The second kappa shape index (κ2) is 6.74. The third-order valence-electron chi connectivity index (χ3n) is 3.57. The summed E-state index contributed by atoms with van der Waals surface area (Å²) < 4.78 is 26.9. The molecule has 0 fully saturated rings. The van der Waals surface area contributed by atoms with Crippen molar-refractivity contribution in [1.82, 2.24) is 14.5 Å². The third-order valence-corrected chi connectivity index (χ3v) is 5.67. The summed E-state index contributed by atoms with van der Waals surface area (Å²) >= 11 is 1.60. The number of aromatic nitrogens is 3. The SMILES string of the molecule is CCN(c1ccc(-c2csc(Cn3ccnc3)n2)cc1)S(C)(=O)=O. The Morgan fingerprint density at radius 3 is 2.58 bits per heavy atom. The highest BCUT2D eigenvalue weighted by Crippen LogP contribution is 2.26. The van der Waals surface area contributed by atoms with Gasteiger partial charge in [-0.25, -0.2) is 18.4 Å². The van der Waals surface area contributed by atoms with E-state index in [0.717, 1.165) is 16.3 Å². The summed E-state index contributed by atoms with van der Waals surface area (Å²) in [4.78, 5) is 8.66. The van der Waals surface area contributed by atoms with E-state index in [1.54, 1.807) is 23.9 Å². The second-order valence-corrected chi connectivity index (χ2v) is 8.19. The number of hydrogen-bond donors (Lipinski definition) is 0. The number of thiazole rings is 1. The smallest absolute Gasteiger partial charge is 0.232 e. The number of imidazole rings is 1. The van der Waals surface area contributed by atoms with E-state index in [-0.39, 0.29) is 0 Å². The molecule has 6 nitrogen and oxygen atoms in total. The van der Waals surface area contributed by atoms with Gasteiger partial charge in [-0.15, -0.1) is 11.3 Å². The lowest BCUT2D eigenvalue weighted by atomic mass is 10.1. The first-order chi connectivity index (χ1) is 11.5. The molecular formula is C16H18N4O2S2. The molecule has 2 heterocycles. The molecule has 0 aliphatic carbocycles. The molecule has 3 rings (SSSR count). The normalized spacial score (nSPS) is 11.6. The van der Waals surface area contributed by atoms with E-state index in [4.69, 9.17) is 0 Å². The highest BCUT2D eigenvalue weighted by molar-refractivity contribution is 7.92. The fourth-order valence-electron chi connectivity index (χ4n) is 2.46. The molecule has 126 valence electrons. The van der Waals surface area contributed by atoms with Crippen molar-refractivity contribution in [2.75, 3.05) is 17.1 Å². The lowest BCUT2D eigenvalue weighted by Crippen LogP contribution is -2.29. The standard InChI is InChI=1S/C16H18N4O2S2/c1-3-20(24(2,21)22)14-6-4-13(5-7-14)15-11-23-16(18-15)10-19-9-8-17-12-19/h4-9,11-12H,3,10H2,1-2H3. The number of hydrogen-bond acceptors (Lipinski definition) is 5. The van der Waals surface area contributed by atoms with Gasteiger partial charge in [-0.3, -0.25) is 4.31 Å². The zero-order chi connectivity index (χ0) is 17.2. The van der Waals surface area contributed by atoms with Crippen LogP contribution in [-0.4, -0.2) is 35.8 Å². The molecule has 8 heteroatoms. The summed E-state index contributed by atoms with van der Waals surface area (Å²) in [6, 6.07) is 7.43. The van der Waals surface area contributed by atoms with Gasteiger partial charge in [0, 0.05) is 29.9 Å². The highest BCUT2D eigenvalue weighted by atomic mass is 32.2. The lowest BCUT2D eigenvalue weighted by molar-refractivity contribution is 0.598. The van der Waals surface area contributed by atoms with Crippen molar-refractivity contribution < 1.29 is 8.42 Å². The molecule has 0 saturated carbocycles. The zero-order valence-corrected chi connectivity index (χ0v) is 15.1. The van der Waals surface area contributed by atoms with Crippen LogP contribution in [0.3, 0.4) is 0 Å². The number of rotatable bonds is 6. The fourth-order valence-corrected chi connectivity index (χ4v) is 4.24. The van der Waals surface area contributed by atoms with Gasteiger partial charge < -0.3 is 4.57 Å². The van der Waals surface area contributed by atoms with Crippen LogP contribution in [0.15, 0.2) is 48.4 Å². The van der Waals surface area contributed by atoms with Crippen molar-refractivity contribution >= 4 is 27.0 Å². The molecule has 0 aliphatic heterocycles. The van der Waals surface area contributed by atoms with Crippen LogP contribution in [0.4, 0.5) is 5.69 Å². The van der Waals surface area contributed by atoms with Crippen LogP contribution in [0.1, 0.15) is 11.9 Å². The molecule has 1 aromatic carbocycles. The van der Waals surface area contributed by atoms with Gasteiger partial charge in [-0.2, -0.15) is 0 Å². The minimum Gasteiger partial charge on any atom is -0.331 e. The van der Waals surface area contributed by atoms with Crippen molar-refractivity contribution in [1.29, 1.82) is 0 Å². The Hall–Kier alpha value is -2.19. The van der Waals surface area contributed by atoms with Crippen molar-refractivity contribution in [2.24, 2.45) is 0 Å². The Kier molecular flexibility index (Phi) is 4.68. The van der Waals surface area contributed by atoms with Crippen molar-refractivity contribution in [2.45, 2.75) is 13.5 Å². The van der Waals surface area contributed by atoms with E-state index in [2.05, 4.69) is 9.97 Å². The van der Waals surface area contributed by atoms with Crippen LogP contribution in [0.2, 0.25) is 0 Å². The molecule has 0 aliphatic rings. The predicted molar refractivity (Wildman–Crippen MR) is 96.7 cm³/mol. The minimum atomic E-state index is -3.26. The minimum absolute atomic E-state index is 0.407. The first-order valence-electron chi connectivity index (χ1n) is 7.45. The molecule has 0 bridgehead atoms. The topological polar surface area (TPSA) is 68.1 Å². The summed E-state index contributed by atoms with van der Waals surface area (Å²) in [5, 5.41) is 3.01. The van der Waals surface area contributed by atoms with Gasteiger partial charge >= 0.3 is 0 Å². The van der Waals surface area contributed by atoms with Gasteiger partial charge in [0.25, 0.3) is 0 Å². The van der Waals surface area contributed by atoms with Gasteiger partial charge in [0.1, 0.15) is 5.01 Å². The predicted octanol–water partition coefficient (Wildman–Crippen LogP) is 2.84. The number of benzene rings is 1. The van der Waals surface area contributed by atoms with E-state index in [1.807, 2.05) is 47.3 Å². The lowest BCUT2D eigenvalue weighted by Gasteiger charge is -2.20. The van der Waals surface area contributed by atoms with Crippen molar-refractivity contribution in [3.8, 4) is 11.3 Å². The molecule has 0 N–H and O–H groups in total. The molecule has 3 aromatic rings. The number of anilines is 1. The Morgan fingerprint density at radius 2 is 2.00 bits per heavy atom. The third kappa shape index (κ3) is 3.65. The average molecular weight is 362 g/mol. The van der Waals surface area contributed by atoms with Crippen LogP contribution < -0.4 is 4.31 Å². The van der Waals surface area contributed by atoms with Gasteiger partial charge in [0.2, 0.25) is 10.0 Å². The Bertz CT molecular complexity index is 900. The van der Waals surface area contributed by atoms with Crippen LogP contribution in [0.25, 0.3) is 11.3 Å². The van der Waals surface area contributed by atoms with Gasteiger partial charge in [0.05, 0.1) is 30.5 Å². The van der Waals surface area contributed by atoms with E-state index < -0.39 is 10.0 Å². The molecular weight excluding hydrogens is 344 g/mol. The van der Waals surface area contributed by atoms with E-state index >= 15 is 0 Å². The summed E-state index contributed by atoms with van der Waals surface area (Å²) in [6.45, 7) is 2.92. The first kappa shape index (κ1) is 16.7. The molecule has 0 radical (unpaired) electrons. The molecule has 2 aromatic heterocycles. The van der Waals surface area contributed by atoms with Crippen LogP contribution in [-0.2, 0) is 16.6 Å². The molecule has 0 saturated heterocycles. The van der Waals surface area contributed by atoms with Gasteiger partial charge in [-0.05, 0) is 19.1 Å². The number of nitrogens with zero attached hydrogens (tertiary/aromatic N) is 4. The Morgan fingerprint density at radius 1 is 1.25 bits per heavy atom. The average Bonchev–Trinajstić information content (AvgIpc) is 3.20. The largest absolute Gasteiger partial charge is 0.331 e. The maximum absolute atomic E-state index is 11.8. The first-order valence-corrected chi connectivity index (χ1v) is 10.2. The monoisotopic (exact) mass is 362 g/mol. The molecule has 0 spiro atoms. The summed E-state index contributed by atoms with van der Waals surface area (Å²) in [5.74, 6) is 0. The van der Waals surface area contributed by atoms with Crippen molar-refractivity contribution in [3.05, 3.63) is 53.4 Å². The quantitative estimate of drug-likeness (QED) is 0.676. The van der Waals surface area contributed by atoms with E-state index in [1.165, 1.54) is 10.6 Å². The zero-order valence-electron chi connectivity index (χ0n) is 13.5. The molecule has 24 heavy (non-hydrogen) atoms. The van der Waals surface area contributed by atoms with E-state index in [9.17, 15) is 8.42 Å². The summed E-state index contributed by atoms with van der Waals surface area (Å²) in [7, 11) is -3.26.